The van der Waals surface area contributed by atoms with Crippen LogP contribution in [0.1, 0.15) is 18.2 Å². The van der Waals surface area contributed by atoms with Crippen molar-refractivity contribution in [2.45, 2.75) is 12.5 Å². The number of nitrogens with one attached hydrogen (secondary N) is 1. The van der Waals surface area contributed by atoms with E-state index in [2.05, 4.69) is 26.2 Å². The Morgan fingerprint density at radius 1 is 1.60 bits per heavy atom. The van der Waals surface area contributed by atoms with E-state index in [1.54, 1.807) is 18.3 Å². The SMILES string of the molecule is O=C(O)NCCC(O)c1ccc(Br)cn1. The van der Waals surface area contributed by atoms with Gasteiger partial charge in [0.25, 0.3) is 0 Å². The molecule has 1 amide bonds. The second-order valence-electron chi connectivity index (χ2n) is 2.94. The molecular weight excluding hydrogens is 264 g/mol. The molecule has 82 valence electrons. The molecule has 0 spiro atoms. The predicted molar refractivity (Wildman–Crippen MR) is 57.5 cm³/mol. The number of hydrogen-bond donors (Lipinski definition) is 3. The zero-order chi connectivity index (χ0) is 11.3. The Morgan fingerprint density at radius 2 is 2.33 bits per heavy atom. The molecule has 6 heteroatoms. The van der Waals surface area contributed by atoms with Gasteiger partial charge in [-0.3, -0.25) is 4.98 Å². The number of nitrogens with zero attached hydrogens (tertiary/aromatic N) is 1. The summed E-state index contributed by atoms with van der Waals surface area (Å²) in [5.74, 6) is 0. The molecule has 0 saturated heterocycles. The number of aliphatic hydroxyl groups excluding tert-OH is 1. The molecule has 1 atom stereocenters. The summed E-state index contributed by atoms with van der Waals surface area (Å²) in [6, 6.07) is 3.46. The summed E-state index contributed by atoms with van der Waals surface area (Å²) in [4.78, 5) is 14.2. The average Bonchev–Trinajstić information content (AvgIpc) is 2.18. The van der Waals surface area contributed by atoms with Crippen LogP contribution in [0.15, 0.2) is 22.8 Å². The summed E-state index contributed by atoms with van der Waals surface area (Å²) in [6.07, 6.45) is 0.0559. The summed E-state index contributed by atoms with van der Waals surface area (Å²) in [7, 11) is 0. The zero-order valence-electron chi connectivity index (χ0n) is 7.85. The molecule has 1 heterocycles. The van der Waals surface area contributed by atoms with Crippen molar-refractivity contribution < 1.29 is 15.0 Å². The first-order chi connectivity index (χ1) is 7.09. The molecule has 0 radical (unpaired) electrons. The molecule has 3 N–H and O–H groups in total. The third-order valence-corrected chi connectivity index (χ3v) is 2.25. The number of rotatable bonds is 4. The minimum Gasteiger partial charge on any atom is -0.465 e. The third-order valence-electron chi connectivity index (χ3n) is 1.79. The Bertz CT molecular complexity index is 329. The number of pyridine rings is 1. The standard InChI is InChI=1S/C9H11BrN2O3/c10-6-1-2-7(12-5-6)8(13)3-4-11-9(14)15/h1-2,5,8,11,13H,3-4H2,(H,14,15). The lowest BCUT2D eigenvalue weighted by molar-refractivity contribution is 0.158. The van der Waals surface area contributed by atoms with Gasteiger partial charge in [0.05, 0.1) is 11.8 Å². The lowest BCUT2D eigenvalue weighted by atomic mass is 10.2. The molecule has 0 fully saturated rings. The van der Waals surface area contributed by atoms with E-state index in [0.717, 1.165) is 4.47 Å². The van der Waals surface area contributed by atoms with E-state index in [9.17, 15) is 9.90 Å². The highest BCUT2D eigenvalue weighted by atomic mass is 79.9. The van der Waals surface area contributed by atoms with Crippen molar-refractivity contribution in [2.24, 2.45) is 0 Å². The van der Waals surface area contributed by atoms with E-state index in [0.29, 0.717) is 12.1 Å². The van der Waals surface area contributed by atoms with Gasteiger partial charge < -0.3 is 15.5 Å². The van der Waals surface area contributed by atoms with Crippen LogP contribution in [0.4, 0.5) is 4.79 Å². The minimum atomic E-state index is -1.09. The normalized spacial score (nSPS) is 12.1. The van der Waals surface area contributed by atoms with Crippen molar-refractivity contribution in [3.05, 3.63) is 28.5 Å². The highest BCUT2D eigenvalue weighted by Crippen LogP contribution is 2.15. The molecule has 15 heavy (non-hydrogen) atoms. The van der Waals surface area contributed by atoms with Gasteiger partial charge in [-0.2, -0.15) is 0 Å². The Hall–Kier alpha value is -1.14. The lowest BCUT2D eigenvalue weighted by Crippen LogP contribution is -2.23. The molecule has 0 aliphatic carbocycles. The van der Waals surface area contributed by atoms with Crippen LogP contribution in [0, 0.1) is 0 Å². The maximum Gasteiger partial charge on any atom is 0.404 e. The maximum atomic E-state index is 10.1. The second-order valence-corrected chi connectivity index (χ2v) is 3.85. The van der Waals surface area contributed by atoms with Gasteiger partial charge in [-0.15, -0.1) is 0 Å². The molecule has 1 aromatic heterocycles. The van der Waals surface area contributed by atoms with Gasteiger partial charge in [0, 0.05) is 17.2 Å². The molecular formula is C9H11BrN2O3. The van der Waals surface area contributed by atoms with Crippen LogP contribution in [0.5, 0.6) is 0 Å². The van der Waals surface area contributed by atoms with E-state index >= 15 is 0 Å². The topological polar surface area (TPSA) is 82.5 Å². The molecule has 1 aromatic rings. The number of aliphatic hydroxyl groups is 1. The summed E-state index contributed by atoms with van der Waals surface area (Å²) in [6.45, 7) is 0.203. The smallest absolute Gasteiger partial charge is 0.404 e. The predicted octanol–water partition coefficient (Wildman–Crippen LogP) is 1.54. The number of carboxylic acid groups (broad SMARTS) is 1. The molecule has 0 aromatic carbocycles. The van der Waals surface area contributed by atoms with Gasteiger partial charge in [0.2, 0.25) is 0 Å². The van der Waals surface area contributed by atoms with Crippen LogP contribution < -0.4 is 5.32 Å². The minimum absolute atomic E-state index is 0.203. The largest absolute Gasteiger partial charge is 0.465 e. The number of hydrogen-bond acceptors (Lipinski definition) is 3. The van der Waals surface area contributed by atoms with Crippen LogP contribution in [0.3, 0.4) is 0 Å². The van der Waals surface area contributed by atoms with E-state index in [1.165, 1.54) is 0 Å². The summed E-state index contributed by atoms with van der Waals surface area (Å²) in [5, 5.41) is 20.1. The van der Waals surface area contributed by atoms with E-state index in [4.69, 9.17) is 5.11 Å². The van der Waals surface area contributed by atoms with Gasteiger partial charge in [-0.05, 0) is 34.5 Å². The first kappa shape index (κ1) is 11.9. The fourth-order valence-corrected chi connectivity index (χ4v) is 1.28. The molecule has 0 aliphatic rings. The molecule has 1 unspecified atom stereocenters. The van der Waals surface area contributed by atoms with Gasteiger partial charge in [0.1, 0.15) is 0 Å². The van der Waals surface area contributed by atoms with Crippen LogP contribution in [0.25, 0.3) is 0 Å². The van der Waals surface area contributed by atoms with Crippen LogP contribution in [-0.4, -0.2) is 27.8 Å². The highest BCUT2D eigenvalue weighted by molar-refractivity contribution is 9.10. The van der Waals surface area contributed by atoms with Gasteiger partial charge in [0.15, 0.2) is 0 Å². The molecule has 0 aliphatic heterocycles. The molecule has 5 nitrogen and oxygen atoms in total. The summed E-state index contributed by atoms with van der Waals surface area (Å²) >= 11 is 3.23. The van der Waals surface area contributed by atoms with Crippen LogP contribution in [0.2, 0.25) is 0 Å². The summed E-state index contributed by atoms with van der Waals surface area (Å²) < 4.78 is 0.835. The van der Waals surface area contributed by atoms with E-state index < -0.39 is 12.2 Å². The lowest BCUT2D eigenvalue weighted by Gasteiger charge is -2.09. The Kier molecular flexibility index (Phi) is 4.51. The number of aromatic nitrogens is 1. The Labute approximate surface area is 95.3 Å². The van der Waals surface area contributed by atoms with Gasteiger partial charge >= 0.3 is 6.09 Å². The number of amides is 1. The zero-order valence-corrected chi connectivity index (χ0v) is 9.44. The fourth-order valence-electron chi connectivity index (χ4n) is 1.05. The van der Waals surface area contributed by atoms with Crippen molar-refractivity contribution in [3.8, 4) is 0 Å². The molecule has 0 saturated carbocycles. The third kappa shape index (κ3) is 4.26. The van der Waals surface area contributed by atoms with E-state index in [1.807, 2.05) is 0 Å². The van der Waals surface area contributed by atoms with Crippen LogP contribution in [-0.2, 0) is 0 Å². The van der Waals surface area contributed by atoms with Crippen LogP contribution >= 0.6 is 15.9 Å². The van der Waals surface area contributed by atoms with Crippen molar-refractivity contribution >= 4 is 22.0 Å². The van der Waals surface area contributed by atoms with Gasteiger partial charge in [-0.25, -0.2) is 4.79 Å². The molecule has 0 bridgehead atoms. The Morgan fingerprint density at radius 3 is 2.87 bits per heavy atom. The van der Waals surface area contributed by atoms with Crippen molar-refractivity contribution in [3.63, 3.8) is 0 Å². The molecule has 1 rings (SSSR count). The van der Waals surface area contributed by atoms with Gasteiger partial charge in [-0.1, -0.05) is 0 Å². The van der Waals surface area contributed by atoms with Crippen molar-refractivity contribution in [1.82, 2.24) is 10.3 Å². The quantitative estimate of drug-likeness (QED) is 0.778. The van der Waals surface area contributed by atoms with Crippen molar-refractivity contribution in [2.75, 3.05) is 6.54 Å². The number of halogens is 1. The Balaban J connectivity index is 2.43. The van der Waals surface area contributed by atoms with Crippen molar-refractivity contribution in [1.29, 1.82) is 0 Å². The monoisotopic (exact) mass is 274 g/mol. The first-order valence-electron chi connectivity index (χ1n) is 4.36. The highest BCUT2D eigenvalue weighted by Gasteiger charge is 2.08. The second kappa shape index (κ2) is 5.67. The fraction of sp³-hybridized carbons (Fsp3) is 0.333. The maximum absolute atomic E-state index is 10.1. The van der Waals surface area contributed by atoms with E-state index in [-0.39, 0.29) is 6.54 Å². The average molecular weight is 275 g/mol. The first-order valence-corrected chi connectivity index (χ1v) is 5.15. The summed E-state index contributed by atoms with van der Waals surface area (Å²) in [5.41, 5.74) is 0.533. The number of carbonyl (C=O) groups is 1.